The molecule has 0 spiro atoms. The van der Waals surface area contributed by atoms with Crippen LogP contribution in [0.2, 0.25) is 0 Å². The zero-order valence-electron chi connectivity index (χ0n) is 16.3. The predicted molar refractivity (Wildman–Crippen MR) is 105 cm³/mol. The van der Waals surface area contributed by atoms with Gasteiger partial charge in [0.2, 0.25) is 15.0 Å². The molecule has 0 bridgehead atoms. The third-order valence-electron chi connectivity index (χ3n) is 4.87. The minimum Gasteiger partial charge on any atom is -0.380 e. The maximum atomic E-state index is 13.0. The molecule has 1 aliphatic rings. The van der Waals surface area contributed by atoms with E-state index < -0.39 is 9.84 Å². The van der Waals surface area contributed by atoms with Crippen LogP contribution >= 0.6 is 0 Å². The Labute approximate surface area is 162 Å². The number of nitrogens with zero attached hydrogens (tertiary/aromatic N) is 3. The number of hydrogen-bond donors (Lipinski definition) is 0. The summed E-state index contributed by atoms with van der Waals surface area (Å²) in [5, 5.41) is 0.172. The van der Waals surface area contributed by atoms with Crippen LogP contribution in [-0.4, -0.2) is 49.2 Å². The molecule has 7 heteroatoms. The first-order valence-corrected chi connectivity index (χ1v) is 11.1. The summed E-state index contributed by atoms with van der Waals surface area (Å²) >= 11 is 0. The fraction of sp³-hybridized carbons (Fsp3) is 0.550. The Hall–Kier alpha value is -1.70. The highest BCUT2D eigenvalue weighted by molar-refractivity contribution is 7.90. The van der Waals surface area contributed by atoms with Gasteiger partial charge in [-0.2, -0.15) is 0 Å². The molecule has 1 aromatic carbocycles. The summed E-state index contributed by atoms with van der Waals surface area (Å²) in [6.07, 6.45) is 2.72. The van der Waals surface area contributed by atoms with Crippen LogP contribution in [0.25, 0.3) is 0 Å². The molecular formula is C20H29N3O3S. The molecule has 1 saturated heterocycles. The molecule has 6 nitrogen and oxygen atoms in total. The maximum absolute atomic E-state index is 13.0. The fourth-order valence-electron chi connectivity index (χ4n) is 3.44. The maximum Gasteiger partial charge on any atom is 0.228 e. The summed E-state index contributed by atoms with van der Waals surface area (Å²) in [5.74, 6) is 0.290. The third kappa shape index (κ3) is 4.97. The zero-order chi connectivity index (χ0) is 19.4. The van der Waals surface area contributed by atoms with E-state index in [1.54, 1.807) is 6.20 Å². The Morgan fingerprint density at radius 3 is 2.67 bits per heavy atom. The van der Waals surface area contributed by atoms with Crippen molar-refractivity contribution in [2.75, 3.05) is 20.3 Å². The Kier molecular flexibility index (Phi) is 6.34. The minimum absolute atomic E-state index is 0.0330. The van der Waals surface area contributed by atoms with Crippen molar-refractivity contribution in [3.8, 4) is 0 Å². The van der Waals surface area contributed by atoms with Crippen molar-refractivity contribution in [3.05, 3.63) is 47.8 Å². The monoisotopic (exact) mass is 391 g/mol. The van der Waals surface area contributed by atoms with Crippen molar-refractivity contribution in [3.63, 3.8) is 0 Å². The highest BCUT2D eigenvalue weighted by Gasteiger charge is 2.26. The van der Waals surface area contributed by atoms with Crippen LogP contribution in [0.3, 0.4) is 0 Å². The Bertz CT molecular complexity index is 841. The van der Waals surface area contributed by atoms with Gasteiger partial charge in [-0.25, -0.2) is 13.4 Å². The number of sulfone groups is 1. The highest BCUT2D eigenvalue weighted by atomic mass is 32.2. The molecule has 148 valence electrons. The molecule has 3 rings (SSSR count). The van der Waals surface area contributed by atoms with E-state index in [-0.39, 0.29) is 10.9 Å². The molecule has 1 aliphatic heterocycles. The van der Waals surface area contributed by atoms with Crippen molar-refractivity contribution in [1.82, 2.24) is 14.5 Å². The van der Waals surface area contributed by atoms with Gasteiger partial charge in [-0.3, -0.25) is 4.90 Å². The van der Waals surface area contributed by atoms with Gasteiger partial charge in [-0.15, -0.1) is 0 Å². The lowest BCUT2D eigenvalue weighted by atomic mass is 10.2. The Balaban J connectivity index is 1.87. The lowest BCUT2D eigenvalue weighted by molar-refractivity contribution is 0.154. The van der Waals surface area contributed by atoms with E-state index in [1.807, 2.05) is 34.9 Å². The Morgan fingerprint density at radius 1 is 1.30 bits per heavy atom. The summed E-state index contributed by atoms with van der Waals surface area (Å²) in [5.41, 5.74) is 1.71. The number of hydrogen-bond acceptors (Lipinski definition) is 5. The molecule has 0 aliphatic carbocycles. The average Bonchev–Trinajstić information content (AvgIpc) is 3.26. The second-order valence-corrected chi connectivity index (χ2v) is 9.60. The van der Waals surface area contributed by atoms with E-state index >= 15 is 0 Å². The molecule has 0 N–H and O–H groups in total. The van der Waals surface area contributed by atoms with Gasteiger partial charge < -0.3 is 9.30 Å². The summed E-state index contributed by atoms with van der Waals surface area (Å²) in [6, 6.07) is 9.64. The molecular weight excluding hydrogens is 362 g/mol. The average molecular weight is 392 g/mol. The van der Waals surface area contributed by atoms with E-state index in [0.717, 1.165) is 30.9 Å². The first-order chi connectivity index (χ1) is 12.9. The van der Waals surface area contributed by atoms with Crippen molar-refractivity contribution < 1.29 is 13.2 Å². The van der Waals surface area contributed by atoms with Crippen molar-refractivity contribution in [1.29, 1.82) is 0 Å². The van der Waals surface area contributed by atoms with Crippen LogP contribution in [0.4, 0.5) is 0 Å². The first kappa shape index (κ1) is 20.0. The fourth-order valence-corrected chi connectivity index (χ4v) is 4.94. The molecule has 2 aromatic rings. The third-order valence-corrected chi connectivity index (χ3v) is 6.46. The van der Waals surface area contributed by atoms with Crippen molar-refractivity contribution >= 4 is 9.84 Å². The van der Waals surface area contributed by atoms with E-state index in [9.17, 15) is 8.42 Å². The van der Waals surface area contributed by atoms with Gasteiger partial charge in [0.15, 0.2) is 0 Å². The predicted octanol–water partition coefficient (Wildman–Crippen LogP) is 2.73. The van der Waals surface area contributed by atoms with Gasteiger partial charge in [-0.1, -0.05) is 44.2 Å². The van der Waals surface area contributed by atoms with Gasteiger partial charge in [0.1, 0.15) is 0 Å². The molecule has 1 atom stereocenters. The number of aromatic nitrogens is 2. The SMILES string of the molecule is CC(C)Cn1c(CN(C)[C@H]2CCOC2)cnc1S(=O)(=O)Cc1ccccc1. The molecule has 1 fully saturated rings. The largest absolute Gasteiger partial charge is 0.380 e. The summed E-state index contributed by atoms with van der Waals surface area (Å²) in [7, 11) is -1.46. The molecule has 1 aromatic heterocycles. The number of imidazole rings is 1. The number of rotatable bonds is 8. The lowest BCUT2D eigenvalue weighted by Gasteiger charge is -2.24. The van der Waals surface area contributed by atoms with Gasteiger partial charge in [0.25, 0.3) is 0 Å². The van der Waals surface area contributed by atoms with E-state index in [0.29, 0.717) is 25.0 Å². The van der Waals surface area contributed by atoms with Crippen LogP contribution in [0, 0.1) is 5.92 Å². The van der Waals surface area contributed by atoms with E-state index in [4.69, 9.17) is 4.74 Å². The second-order valence-electron chi connectivity index (χ2n) is 7.71. The second kappa shape index (κ2) is 8.54. The highest BCUT2D eigenvalue weighted by Crippen LogP contribution is 2.21. The van der Waals surface area contributed by atoms with Gasteiger partial charge >= 0.3 is 0 Å². The zero-order valence-corrected chi connectivity index (χ0v) is 17.2. The molecule has 0 unspecified atom stereocenters. The van der Waals surface area contributed by atoms with Gasteiger partial charge in [0.05, 0.1) is 24.3 Å². The van der Waals surface area contributed by atoms with Crippen LogP contribution in [0.1, 0.15) is 31.5 Å². The quantitative estimate of drug-likeness (QED) is 0.692. The molecule has 27 heavy (non-hydrogen) atoms. The van der Waals surface area contributed by atoms with Crippen molar-refractivity contribution in [2.45, 2.75) is 50.3 Å². The summed E-state index contributed by atoms with van der Waals surface area (Å²) in [4.78, 5) is 6.56. The number of likely N-dealkylation sites (N-methyl/N-ethyl adjacent to an activating group) is 1. The Morgan fingerprint density at radius 2 is 2.04 bits per heavy atom. The molecule has 0 radical (unpaired) electrons. The van der Waals surface area contributed by atoms with Crippen molar-refractivity contribution in [2.24, 2.45) is 5.92 Å². The summed E-state index contributed by atoms with van der Waals surface area (Å²) in [6.45, 7) is 6.99. The minimum atomic E-state index is -3.51. The first-order valence-electron chi connectivity index (χ1n) is 9.46. The molecule has 2 heterocycles. The van der Waals surface area contributed by atoms with E-state index in [2.05, 4.69) is 30.8 Å². The van der Waals surface area contributed by atoms with Crippen LogP contribution in [0.5, 0.6) is 0 Å². The lowest BCUT2D eigenvalue weighted by Crippen LogP contribution is -2.32. The molecule has 0 amide bonds. The standard InChI is InChI=1S/C20H29N3O3S/c1-16(2)12-23-19(13-22(3)18-9-10-26-14-18)11-21-20(23)27(24,25)15-17-7-5-4-6-8-17/h4-8,11,16,18H,9-10,12-15H2,1-3H3/t18-/m0/s1. The van der Waals surface area contributed by atoms with E-state index in [1.165, 1.54) is 0 Å². The number of ether oxygens (including phenoxy) is 1. The van der Waals surface area contributed by atoms with Crippen LogP contribution in [-0.2, 0) is 33.4 Å². The van der Waals surface area contributed by atoms with Crippen LogP contribution < -0.4 is 0 Å². The van der Waals surface area contributed by atoms with Gasteiger partial charge in [-0.05, 0) is 24.9 Å². The summed E-state index contributed by atoms with van der Waals surface area (Å²) < 4.78 is 33.4. The van der Waals surface area contributed by atoms with Gasteiger partial charge in [0, 0.05) is 25.7 Å². The topological polar surface area (TPSA) is 64.4 Å². The molecule has 0 saturated carbocycles. The van der Waals surface area contributed by atoms with Crippen LogP contribution in [0.15, 0.2) is 41.7 Å². The smallest absolute Gasteiger partial charge is 0.228 e. The normalized spacial score (nSPS) is 17.9. The number of benzene rings is 1.